The van der Waals surface area contributed by atoms with E-state index in [1.165, 1.54) is 24.0 Å². The Morgan fingerprint density at radius 1 is 1.18 bits per heavy atom. The van der Waals surface area contributed by atoms with E-state index < -0.39 is 5.97 Å². The molecule has 5 heteroatoms. The number of thiophene rings is 1. The summed E-state index contributed by atoms with van der Waals surface area (Å²) in [5, 5.41) is 5.08. The molecule has 1 N–H and O–H groups in total. The average Bonchev–Trinajstić information content (AvgIpc) is 2.90. The highest BCUT2D eigenvalue weighted by molar-refractivity contribution is 7.14. The molecule has 0 aliphatic carbocycles. The van der Waals surface area contributed by atoms with Crippen LogP contribution in [0.5, 0.6) is 0 Å². The van der Waals surface area contributed by atoms with Crippen LogP contribution in [0.1, 0.15) is 32.6 Å². The third-order valence-corrected chi connectivity index (χ3v) is 4.33. The quantitative estimate of drug-likeness (QED) is 0.876. The van der Waals surface area contributed by atoms with Gasteiger partial charge in [-0.05, 0) is 48.9 Å². The Bertz CT molecular complexity index is 695. The summed E-state index contributed by atoms with van der Waals surface area (Å²) in [6.07, 6.45) is 0.288. The molecule has 0 saturated carbocycles. The van der Waals surface area contributed by atoms with Gasteiger partial charge in [0.1, 0.15) is 5.00 Å². The summed E-state index contributed by atoms with van der Waals surface area (Å²) >= 11 is 1.31. The Hall–Kier alpha value is -2.14. The van der Waals surface area contributed by atoms with Gasteiger partial charge in [-0.25, -0.2) is 4.79 Å². The Balaban J connectivity index is 2.15. The molecule has 0 aliphatic heterocycles. The maximum Gasteiger partial charge on any atom is 0.340 e. The number of hydrogen-bond donors (Lipinski definition) is 1. The van der Waals surface area contributed by atoms with Crippen molar-refractivity contribution >= 4 is 28.2 Å². The summed E-state index contributed by atoms with van der Waals surface area (Å²) in [6.45, 7) is 6.05. The van der Waals surface area contributed by atoms with Crippen molar-refractivity contribution < 1.29 is 14.3 Å². The molecule has 0 aliphatic rings. The smallest absolute Gasteiger partial charge is 0.340 e. The Morgan fingerprint density at radius 3 is 2.41 bits per heavy atom. The molecular weight excluding hydrogens is 298 g/mol. The van der Waals surface area contributed by atoms with Gasteiger partial charge in [0, 0.05) is 0 Å². The van der Waals surface area contributed by atoms with Gasteiger partial charge in [-0.3, -0.25) is 4.79 Å². The second kappa shape index (κ2) is 6.75. The van der Waals surface area contributed by atoms with Crippen molar-refractivity contribution in [2.75, 3.05) is 12.4 Å². The molecule has 1 amide bonds. The first kappa shape index (κ1) is 16.2. The highest BCUT2D eigenvalue weighted by atomic mass is 32.1. The van der Waals surface area contributed by atoms with Crippen LogP contribution in [0.2, 0.25) is 0 Å². The normalized spacial score (nSPS) is 10.4. The van der Waals surface area contributed by atoms with Gasteiger partial charge in [-0.1, -0.05) is 17.7 Å². The van der Waals surface area contributed by atoms with Crippen LogP contribution in [0.15, 0.2) is 23.6 Å². The molecular formula is C17H19NO3S. The highest BCUT2D eigenvalue weighted by Gasteiger charge is 2.16. The van der Waals surface area contributed by atoms with Gasteiger partial charge in [-0.2, -0.15) is 0 Å². The number of ether oxygens (including phenoxy) is 1. The number of nitrogens with one attached hydrogen (secondary N) is 1. The molecule has 2 aromatic rings. The molecule has 1 heterocycles. The van der Waals surface area contributed by atoms with Gasteiger partial charge < -0.3 is 10.1 Å². The van der Waals surface area contributed by atoms with Gasteiger partial charge in [0.15, 0.2) is 0 Å². The number of hydrogen-bond acceptors (Lipinski definition) is 4. The highest BCUT2D eigenvalue weighted by Crippen LogP contribution is 2.25. The summed E-state index contributed by atoms with van der Waals surface area (Å²) in [5.74, 6) is -0.582. The zero-order valence-corrected chi connectivity index (χ0v) is 14.0. The number of aryl methyl sites for hydroxylation is 3. The molecule has 116 valence electrons. The first-order chi connectivity index (χ1) is 10.4. The van der Waals surface area contributed by atoms with Crippen molar-refractivity contribution in [1.29, 1.82) is 0 Å². The lowest BCUT2D eigenvalue weighted by Crippen LogP contribution is -2.17. The minimum atomic E-state index is -0.445. The third-order valence-electron chi connectivity index (χ3n) is 3.50. The number of carbonyl (C=O) groups is 2. The predicted molar refractivity (Wildman–Crippen MR) is 88.6 cm³/mol. The molecule has 0 fully saturated rings. The number of rotatable bonds is 4. The fourth-order valence-electron chi connectivity index (χ4n) is 2.50. The van der Waals surface area contributed by atoms with Gasteiger partial charge in [0.25, 0.3) is 0 Å². The van der Waals surface area contributed by atoms with E-state index in [1.807, 2.05) is 20.8 Å². The Labute approximate surface area is 134 Å². The van der Waals surface area contributed by atoms with Crippen molar-refractivity contribution in [3.05, 3.63) is 51.4 Å². The van der Waals surface area contributed by atoms with Gasteiger partial charge >= 0.3 is 5.97 Å². The van der Waals surface area contributed by atoms with E-state index in [2.05, 4.69) is 17.4 Å². The summed E-state index contributed by atoms with van der Waals surface area (Å²) in [6, 6.07) is 5.79. The average molecular weight is 317 g/mol. The standard InChI is InChI=1S/C17H19NO3S/c1-10-7-11(2)14(12(3)8-10)9-15(19)18-16-13(5-6-22-16)17(20)21-4/h5-8H,9H2,1-4H3,(H,18,19). The lowest BCUT2D eigenvalue weighted by Gasteiger charge is -2.11. The predicted octanol–water partition coefficient (Wildman–Crippen LogP) is 3.64. The maximum absolute atomic E-state index is 12.3. The molecule has 0 atom stereocenters. The van der Waals surface area contributed by atoms with Crippen LogP contribution in [-0.4, -0.2) is 19.0 Å². The Kier molecular flexibility index (Phi) is 4.98. The van der Waals surface area contributed by atoms with Crippen LogP contribution >= 0.6 is 11.3 Å². The monoisotopic (exact) mass is 317 g/mol. The van der Waals surface area contributed by atoms with Gasteiger partial charge in [0.2, 0.25) is 5.91 Å². The second-order valence-corrected chi connectivity index (χ2v) is 6.17. The molecule has 0 radical (unpaired) electrons. The van der Waals surface area contributed by atoms with Crippen molar-refractivity contribution in [3.8, 4) is 0 Å². The summed E-state index contributed by atoms with van der Waals surface area (Å²) in [7, 11) is 1.32. The lowest BCUT2D eigenvalue weighted by molar-refractivity contribution is -0.115. The number of amides is 1. The molecule has 1 aromatic heterocycles. The van der Waals surface area contributed by atoms with Crippen LogP contribution < -0.4 is 5.32 Å². The number of benzene rings is 1. The number of carbonyl (C=O) groups excluding carboxylic acids is 2. The van der Waals surface area contributed by atoms with Crippen molar-refractivity contribution in [2.24, 2.45) is 0 Å². The largest absolute Gasteiger partial charge is 0.465 e. The zero-order chi connectivity index (χ0) is 16.3. The molecule has 0 bridgehead atoms. The maximum atomic E-state index is 12.3. The topological polar surface area (TPSA) is 55.4 Å². The van der Waals surface area contributed by atoms with Crippen LogP contribution in [-0.2, 0) is 16.0 Å². The molecule has 4 nitrogen and oxygen atoms in total. The summed E-state index contributed by atoms with van der Waals surface area (Å²) in [4.78, 5) is 23.9. The molecule has 1 aromatic carbocycles. The van der Waals surface area contributed by atoms with Crippen LogP contribution in [0.4, 0.5) is 5.00 Å². The number of methoxy groups -OCH3 is 1. The first-order valence-electron chi connectivity index (χ1n) is 6.94. The summed E-state index contributed by atoms with van der Waals surface area (Å²) < 4.78 is 4.70. The van der Waals surface area contributed by atoms with Crippen LogP contribution in [0.3, 0.4) is 0 Å². The molecule has 22 heavy (non-hydrogen) atoms. The minimum Gasteiger partial charge on any atom is -0.465 e. The van der Waals surface area contributed by atoms with Crippen LogP contribution in [0.25, 0.3) is 0 Å². The van der Waals surface area contributed by atoms with E-state index in [0.29, 0.717) is 10.6 Å². The third kappa shape index (κ3) is 3.54. The van der Waals surface area contributed by atoms with E-state index in [9.17, 15) is 9.59 Å². The molecule has 0 unspecified atom stereocenters. The van der Waals surface area contributed by atoms with Gasteiger partial charge in [-0.15, -0.1) is 11.3 Å². The van der Waals surface area contributed by atoms with E-state index in [4.69, 9.17) is 4.74 Å². The van der Waals surface area contributed by atoms with Crippen molar-refractivity contribution in [2.45, 2.75) is 27.2 Å². The molecule has 0 saturated heterocycles. The fourth-order valence-corrected chi connectivity index (χ4v) is 3.29. The fraction of sp³-hybridized carbons (Fsp3) is 0.294. The van der Waals surface area contributed by atoms with Crippen molar-refractivity contribution in [1.82, 2.24) is 0 Å². The van der Waals surface area contributed by atoms with Crippen LogP contribution in [0, 0.1) is 20.8 Å². The lowest BCUT2D eigenvalue weighted by atomic mass is 9.97. The SMILES string of the molecule is COC(=O)c1ccsc1NC(=O)Cc1c(C)cc(C)cc1C. The van der Waals surface area contributed by atoms with Crippen molar-refractivity contribution in [3.63, 3.8) is 0 Å². The number of anilines is 1. The minimum absolute atomic E-state index is 0.136. The zero-order valence-electron chi connectivity index (χ0n) is 13.1. The van der Waals surface area contributed by atoms with Gasteiger partial charge in [0.05, 0.1) is 19.1 Å². The first-order valence-corrected chi connectivity index (χ1v) is 7.82. The van der Waals surface area contributed by atoms with E-state index >= 15 is 0 Å². The van der Waals surface area contributed by atoms with E-state index in [1.54, 1.807) is 11.4 Å². The van der Waals surface area contributed by atoms with E-state index in [-0.39, 0.29) is 12.3 Å². The molecule has 2 rings (SSSR count). The molecule has 0 spiro atoms. The number of esters is 1. The Morgan fingerprint density at radius 2 is 1.82 bits per heavy atom. The summed E-state index contributed by atoms with van der Waals surface area (Å²) in [5.41, 5.74) is 4.81. The van der Waals surface area contributed by atoms with E-state index in [0.717, 1.165) is 16.7 Å². The second-order valence-electron chi connectivity index (χ2n) is 5.26.